The summed E-state index contributed by atoms with van der Waals surface area (Å²) in [5, 5.41) is 0. The zero-order valence-electron chi connectivity index (χ0n) is 35.5. The van der Waals surface area contributed by atoms with Gasteiger partial charge < -0.3 is 28.4 Å². The summed E-state index contributed by atoms with van der Waals surface area (Å²) >= 11 is 0. The zero-order chi connectivity index (χ0) is 42.9. The van der Waals surface area contributed by atoms with Gasteiger partial charge in [0, 0.05) is 49.8 Å². The molecule has 10 rings (SSSR count). The quantitative estimate of drug-likeness (QED) is 0.154. The van der Waals surface area contributed by atoms with E-state index in [1.165, 1.54) is 0 Å². The van der Waals surface area contributed by atoms with E-state index >= 15 is 0 Å². The van der Waals surface area contributed by atoms with Crippen LogP contribution in [0.25, 0.3) is 0 Å². The summed E-state index contributed by atoms with van der Waals surface area (Å²) in [6.45, 7) is 6.25. The maximum atomic E-state index is 14.0. The predicted octanol–water partition coefficient (Wildman–Crippen LogP) is 7.30. The van der Waals surface area contributed by atoms with Gasteiger partial charge in [-0.1, -0.05) is 36.4 Å². The predicted molar refractivity (Wildman–Crippen MR) is 236 cm³/mol. The Morgan fingerprint density at radius 3 is 2.06 bits per heavy atom. The number of methoxy groups -OCH3 is 3. The van der Waals surface area contributed by atoms with Crippen LogP contribution >= 0.6 is 0 Å². The second-order valence-electron chi connectivity index (χ2n) is 16.9. The maximum absolute atomic E-state index is 14.0. The summed E-state index contributed by atoms with van der Waals surface area (Å²) < 4.78 is 36.9. The molecule has 316 valence electrons. The van der Waals surface area contributed by atoms with Gasteiger partial charge in [-0.15, -0.1) is 0 Å². The molecule has 0 aromatic heterocycles. The second kappa shape index (κ2) is 15.1. The monoisotopic (exact) mass is 833 g/mol. The summed E-state index contributed by atoms with van der Waals surface area (Å²) in [6, 6.07) is 24.9. The Morgan fingerprint density at radius 1 is 0.742 bits per heavy atom. The zero-order valence-corrected chi connectivity index (χ0v) is 35.5. The van der Waals surface area contributed by atoms with E-state index < -0.39 is 23.3 Å². The van der Waals surface area contributed by atoms with E-state index in [9.17, 15) is 9.59 Å². The number of aliphatic imine (C=N–C) groups is 3. The van der Waals surface area contributed by atoms with E-state index in [0.717, 1.165) is 33.6 Å². The molecular weight excluding hydrogens is 787 g/mol. The lowest BCUT2D eigenvalue weighted by molar-refractivity contribution is -0.115. The first-order valence-electron chi connectivity index (χ1n) is 20.8. The molecule has 0 saturated carbocycles. The summed E-state index contributed by atoms with van der Waals surface area (Å²) in [7, 11) is 4.77. The highest BCUT2D eigenvalue weighted by Gasteiger charge is 2.58. The molecule has 0 radical (unpaired) electrons. The van der Waals surface area contributed by atoms with Crippen molar-refractivity contribution in [1.82, 2.24) is 0 Å². The number of carbonyl (C=O) groups excluding carboxylic acids is 2. The van der Waals surface area contributed by atoms with Crippen molar-refractivity contribution in [2.24, 2.45) is 15.0 Å². The Balaban J connectivity index is 0.911. The van der Waals surface area contributed by atoms with Crippen molar-refractivity contribution in [2.45, 2.75) is 82.3 Å². The Hall–Kier alpha value is -6.57. The molecule has 4 aromatic carbocycles. The number of rotatable bonds is 11. The van der Waals surface area contributed by atoms with Gasteiger partial charge in [-0.05, 0) is 91.6 Å². The number of ether oxygens (including phenoxy) is 6. The Bertz CT molecular complexity index is 2680. The highest BCUT2D eigenvalue weighted by atomic mass is 16.5. The highest BCUT2D eigenvalue weighted by molar-refractivity contribution is 6.15. The average Bonchev–Trinajstić information content (AvgIpc) is 3.73. The van der Waals surface area contributed by atoms with Gasteiger partial charge in [0.1, 0.15) is 30.2 Å². The fraction of sp³-hybridized carbons (Fsp3) is 0.327. The number of nitrogens with zero attached hydrogens (tertiary/aromatic N) is 5. The van der Waals surface area contributed by atoms with Crippen LogP contribution in [0.1, 0.15) is 53.4 Å². The van der Waals surface area contributed by atoms with Gasteiger partial charge in [0.2, 0.25) is 5.90 Å². The van der Waals surface area contributed by atoms with Crippen LogP contribution < -0.4 is 24.0 Å². The Morgan fingerprint density at radius 2 is 1.40 bits per heavy atom. The molecule has 5 heterocycles. The molecule has 3 unspecified atom stereocenters. The fourth-order valence-corrected chi connectivity index (χ4v) is 9.11. The van der Waals surface area contributed by atoms with Crippen LogP contribution in [0.5, 0.6) is 17.2 Å². The molecular formula is C49H47N5O8. The smallest absolute Gasteiger partial charge is 0.261 e. The van der Waals surface area contributed by atoms with E-state index in [2.05, 4.69) is 11.1 Å². The van der Waals surface area contributed by atoms with Crippen LogP contribution in [-0.2, 0) is 45.1 Å². The number of benzene rings is 4. The van der Waals surface area contributed by atoms with Gasteiger partial charge in [-0.25, -0.2) is 4.99 Å². The highest BCUT2D eigenvalue weighted by Crippen LogP contribution is 2.44. The van der Waals surface area contributed by atoms with Crippen molar-refractivity contribution in [3.05, 3.63) is 130 Å². The van der Waals surface area contributed by atoms with Crippen LogP contribution in [0, 0.1) is 0 Å². The molecule has 5 aliphatic heterocycles. The molecule has 2 amide bonds. The van der Waals surface area contributed by atoms with Gasteiger partial charge in [0.15, 0.2) is 17.0 Å². The van der Waals surface area contributed by atoms with Crippen LogP contribution in [0.3, 0.4) is 0 Å². The Kier molecular flexibility index (Phi) is 9.64. The molecule has 5 atom stereocenters. The van der Waals surface area contributed by atoms with Gasteiger partial charge in [-0.2, -0.15) is 0 Å². The second-order valence-corrected chi connectivity index (χ2v) is 16.9. The molecule has 6 aliphatic rings. The summed E-state index contributed by atoms with van der Waals surface area (Å²) in [5.41, 5.74) is 6.26. The van der Waals surface area contributed by atoms with Crippen molar-refractivity contribution in [1.29, 1.82) is 0 Å². The van der Waals surface area contributed by atoms with Gasteiger partial charge >= 0.3 is 0 Å². The van der Waals surface area contributed by atoms with Crippen LogP contribution in [0.2, 0.25) is 0 Å². The first kappa shape index (κ1) is 39.6. The van der Waals surface area contributed by atoms with E-state index in [-0.39, 0.29) is 37.1 Å². The molecule has 1 aliphatic carbocycles. The van der Waals surface area contributed by atoms with Crippen molar-refractivity contribution >= 4 is 47.2 Å². The molecule has 0 N–H and O–H groups in total. The number of para-hydroxylation sites is 2. The minimum atomic E-state index is -0.759. The summed E-state index contributed by atoms with van der Waals surface area (Å²) in [4.78, 5) is 45.8. The lowest BCUT2D eigenvalue weighted by Crippen LogP contribution is -2.46. The minimum Gasteiger partial charge on any atom is -0.493 e. The largest absolute Gasteiger partial charge is 0.493 e. The van der Waals surface area contributed by atoms with Crippen molar-refractivity contribution in [2.75, 3.05) is 31.1 Å². The topological polar surface area (TPSA) is 133 Å². The van der Waals surface area contributed by atoms with Crippen molar-refractivity contribution < 1.29 is 38.0 Å². The fourth-order valence-electron chi connectivity index (χ4n) is 9.11. The Labute approximate surface area is 360 Å². The number of carbonyl (C=O) groups is 2. The summed E-state index contributed by atoms with van der Waals surface area (Å²) in [6.07, 6.45) is 7.72. The number of hydrogen-bond acceptors (Lipinski definition) is 11. The van der Waals surface area contributed by atoms with Gasteiger partial charge in [0.05, 0.1) is 55.4 Å². The minimum absolute atomic E-state index is 0.109. The number of fused-ring (bicyclic) bond motifs is 8. The van der Waals surface area contributed by atoms with Gasteiger partial charge in [-0.3, -0.25) is 29.4 Å². The summed E-state index contributed by atoms with van der Waals surface area (Å²) in [5.74, 6) is 1.81. The van der Waals surface area contributed by atoms with Crippen molar-refractivity contribution in [3.8, 4) is 17.2 Å². The third-order valence-corrected chi connectivity index (χ3v) is 12.8. The lowest BCUT2D eigenvalue weighted by atomic mass is 9.90. The molecule has 13 heteroatoms. The first-order valence-corrected chi connectivity index (χ1v) is 20.8. The number of anilines is 2. The van der Waals surface area contributed by atoms with E-state index in [4.69, 9.17) is 38.4 Å². The standard InChI is InChI=1S/C49H47N5O8/c1-48(2,49(3)47(52-49)59-6)62-34-16-28(26-60-43-22-37-35(20-41(43)57-4)45(55)53-32(24-50-37)18-30-11-7-9-13-39(30)53)15-29(17-34)27-61-44-23-38-36(21-42(44)58-5)46(56)54-33(25-51-38)19-31-12-8-10-14-40(31)54/h7-17,20-25,32-33,41,43H,18-19,26-27H2,1-6H3/t32-,33-,41?,43?,49?/m0/s1. The molecule has 4 aromatic rings. The normalized spacial score (nSPS) is 24.0. The van der Waals surface area contributed by atoms with Crippen LogP contribution in [0.4, 0.5) is 17.1 Å². The van der Waals surface area contributed by atoms with Crippen molar-refractivity contribution in [3.63, 3.8) is 0 Å². The maximum Gasteiger partial charge on any atom is 0.261 e. The first-order chi connectivity index (χ1) is 30.0. The van der Waals surface area contributed by atoms with E-state index in [0.29, 0.717) is 58.5 Å². The molecule has 0 saturated heterocycles. The molecule has 0 fully saturated rings. The average molecular weight is 834 g/mol. The molecule has 0 bridgehead atoms. The SMILES string of the molecule is COC1=NC1(C)C(C)(C)Oc1cc(COc2cc3c(cc2OC)C(=O)N2c4ccccc4C[C@H]2C=N3)cc(COC2C=C3N=C[C@@H]4Cc5ccccc5N4C(=O)C3=CC2OC)c1. The van der Waals surface area contributed by atoms with Crippen LogP contribution in [0.15, 0.2) is 117 Å². The van der Waals surface area contributed by atoms with Gasteiger partial charge in [0.25, 0.3) is 11.8 Å². The third kappa shape index (κ3) is 6.67. The van der Waals surface area contributed by atoms with E-state index in [1.807, 2.05) is 116 Å². The molecule has 62 heavy (non-hydrogen) atoms. The lowest BCUT2D eigenvalue weighted by Gasteiger charge is -2.32. The van der Waals surface area contributed by atoms with Crippen LogP contribution in [-0.4, -0.2) is 86.9 Å². The molecule has 0 spiro atoms. The number of hydrogen-bond donors (Lipinski definition) is 0. The number of amides is 2. The molecule has 13 nitrogen and oxygen atoms in total. The van der Waals surface area contributed by atoms with E-state index in [1.54, 1.807) is 33.5 Å². The third-order valence-electron chi connectivity index (χ3n) is 12.8.